The number of hydrogen-bond donors (Lipinski definition) is 0. The molecule has 204 valence electrons. The number of thiophene rings is 1. The van der Waals surface area contributed by atoms with Crippen LogP contribution in [0.1, 0.15) is 55.4 Å². The van der Waals surface area contributed by atoms with Gasteiger partial charge in [-0.15, -0.1) is 11.3 Å². The molecule has 9 heteroatoms. The van der Waals surface area contributed by atoms with Crippen molar-refractivity contribution >= 4 is 29.1 Å². The molecule has 0 aliphatic carbocycles. The summed E-state index contributed by atoms with van der Waals surface area (Å²) in [6, 6.07) is 9.69. The van der Waals surface area contributed by atoms with Gasteiger partial charge in [-0.05, 0) is 63.4 Å². The summed E-state index contributed by atoms with van der Waals surface area (Å²) in [6.07, 6.45) is 1.35. The normalized spacial score (nSPS) is 11.5. The van der Waals surface area contributed by atoms with Crippen LogP contribution in [0, 0.1) is 6.92 Å². The minimum Gasteiger partial charge on any atom is -0.493 e. The number of esters is 1. The maximum atomic E-state index is 13.6. The zero-order chi connectivity index (χ0) is 27.4. The molecule has 8 nitrogen and oxygen atoms in total. The van der Waals surface area contributed by atoms with E-state index in [1.807, 2.05) is 51.1 Å². The molecule has 37 heavy (non-hydrogen) atoms. The zero-order valence-electron chi connectivity index (χ0n) is 22.9. The number of ether oxygens (including phenoxy) is 3. The van der Waals surface area contributed by atoms with Crippen LogP contribution in [0.4, 0.5) is 0 Å². The van der Waals surface area contributed by atoms with E-state index < -0.39 is 5.97 Å². The molecule has 2 rings (SSSR count). The molecule has 0 N–H and O–H groups in total. The molecule has 0 bridgehead atoms. The van der Waals surface area contributed by atoms with Gasteiger partial charge in [-0.2, -0.15) is 0 Å². The van der Waals surface area contributed by atoms with E-state index in [0.717, 1.165) is 10.4 Å². The number of rotatable bonds is 15. The van der Waals surface area contributed by atoms with Gasteiger partial charge in [-0.25, -0.2) is 0 Å². The third-order valence-electron chi connectivity index (χ3n) is 6.21. The first-order chi connectivity index (χ1) is 17.7. The average molecular weight is 533 g/mol. The molecule has 0 spiro atoms. The molecule has 1 atom stereocenters. The molecule has 0 saturated carbocycles. The van der Waals surface area contributed by atoms with Crippen molar-refractivity contribution in [3.63, 3.8) is 0 Å². The van der Waals surface area contributed by atoms with Gasteiger partial charge in [0.15, 0.2) is 11.5 Å². The van der Waals surface area contributed by atoms with Gasteiger partial charge >= 0.3 is 5.97 Å². The van der Waals surface area contributed by atoms with Gasteiger partial charge in [0.25, 0.3) is 0 Å². The Labute approximate surface area is 224 Å². The Bertz CT molecular complexity index is 1040. The lowest BCUT2D eigenvalue weighted by molar-refractivity contribution is -0.147. The third kappa shape index (κ3) is 9.39. The van der Waals surface area contributed by atoms with Gasteiger partial charge < -0.3 is 24.0 Å². The van der Waals surface area contributed by atoms with E-state index in [9.17, 15) is 14.4 Å². The number of methoxy groups -OCH3 is 2. The molecule has 0 fully saturated rings. The standard InChI is InChI=1S/C28H40N2O6S/c1-7-20(3)30(26(31)13-14-28(33)36-8-2)19-27(32)29(18-23-11-9-21(4)37-23)16-15-22-10-12-24(34-5)25(17-22)35-6/h9-12,17,20H,7-8,13-16,18-19H2,1-6H3. The van der Waals surface area contributed by atoms with Crippen molar-refractivity contribution in [1.29, 1.82) is 0 Å². The van der Waals surface area contributed by atoms with E-state index in [1.54, 1.807) is 42.3 Å². The maximum Gasteiger partial charge on any atom is 0.306 e. The average Bonchev–Trinajstić information content (AvgIpc) is 3.31. The van der Waals surface area contributed by atoms with Crippen LogP contribution in [0.3, 0.4) is 0 Å². The number of carbonyl (C=O) groups is 3. The highest BCUT2D eigenvalue weighted by molar-refractivity contribution is 7.11. The lowest BCUT2D eigenvalue weighted by atomic mass is 10.1. The number of amides is 2. The first-order valence-electron chi connectivity index (χ1n) is 12.7. The Hall–Kier alpha value is -3.07. The molecule has 0 saturated heterocycles. The Balaban J connectivity index is 2.18. The SMILES string of the molecule is CCOC(=O)CCC(=O)N(CC(=O)N(CCc1ccc(OC)c(OC)c1)Cc1ccc(C)s1)C(C)CC. The Morgan fingerprint density at radius 3 is 2.30 bits per heavy atom. The van der Waals surface area contributed by atoms with Crippen LogP contribution in [0.5, 0.6) is 11.5 Å². The van der Waals surface area contributed by atoms with Crippen LogP contribution >= 0.6 is 11.3 Å². The monoisotopic (exact) mass is 532 g/mol. The molecular formula is C28H40N2O6S. The molecule has 1 aromatic carbocycles. The molecular weight excluding hydrogens is 492 g/mol. The van der Waals surface area contributed by atoms with Crippen molar-refractivity contribution in [2.45, 2.75) is 66.0 Å². The van der Waals surface area contributed by atoms with Gasteiger partial charge in [0, 0.05) is 28.8 Å². The van der Waals surface area contributed by atoms with E-state index >= 15 is 0 Å². The fourth-order valence-corrected chi connectivity index (χ4v) is 4.80. The number of hydrogen-bond acceptors (Lipinski definition) is 7. The first-order valence-corrected chi connectivity index (χ1v) is 13.5. The molecule has 2 amide bonds. The highest BCUT2D eigenvalue weighted by atomic mass is 32.1. The summed E-state index contributed by atoms with van der Waals surface area (Å²) >= 11 is 1.66. The summed E-state index contributed by atoms with van der Waals surface area (Å²) in [5.74, 6) is 0.537. The van der Waals surface area contributed by atoms with E-state index in [1.165, 1.54) is 4.88 Å². The summed E-state index contributed by atoms with van der Waals surface area (Å²) in [5.41, 5.74) is 1.02. The molecule has 2 aromatic rings. The zero-order valence-corrected chi connectivity index (χ0v) is 23.7. The molecule has 0 aliphatic heterocycles. The van der Waals surface area contributed by atoms with Gasteiger partial charge in [0.2, 0.25) is 11.8 Å². The second kappa shape index (κ2) is 15.2. The van der Waals surface area contributed by atoms with Crippen molar-refractivity contribution < 1.29 is 28.6 Å². The Morgan fingerprint density at radius 1 is 0.973 bits per heavy atom. The highest BCUT2D eigenvalue weighted by Gasteiger charge is 2.25. The lowest BCUT2D eigenvalue weighted by Gasteiger charge is -2.31. The van der Waals surface area contributed by atoms with Crippen LogP contribution in [0.2, 0.25) is 0 Å². The maximum absolute atomic E-state index is 13.6. The molecule has 1 aromatic heterocycles. The van der Waals surface area contributed by atoms with Gasteiger partial charge in [-0.3, -0.25) is 14.4 Å². The van der Waals surface area contributed by atoms with E-state index in [4.69, 9.17) is 14.2 Å². The topological polar surface area (TPSA) is 85.4 Å². The third-order valence-corrected chi connectivity index (χ3v) is 7.20. The molecule has 0 aliphatic rings. The summed E-state index contributed by atoms with van der Waals surface area (Å²) in [5, 5.41) is 0. The first kappa shape index (κ1) is 30.2. The van der Waals surface area contributed by atoms with E-state index in [2.05, 4.69) is 0 Å². The van der Waals surface area contributed by atoms with Crippen molar-refractivity contribution in [3.8, 4) is 11.5 Å². The van der Waals surface area contributed by atoms with E-state index in [-0.39, 0.29) is 43.8 Å². The van der Waals surface area contributed by atoms with Gasteiger partial charge in [0.05, 0.1) is 40.3 Å². The quantitative estimate of drug-likeness (QED) is 0.311. The minimum absolute atomic E-state index is 0.00525. The predicted octanol–water partition coefficient (Wildman–Crippen LogP) is 4.62. The predicted molar refractivity (Wildman–Crippen MR) is 145 cm³/mol. The second-order valence-corrected chi connectivity index (χ2v) is 10.2. The summed E-state index contributed by atoms with van der Waals surface area (Å²) in [7, 11) is 3.19. The van der Waals surface area contributed by atoms with Crippen LogP contribution in [-0.4, -0.2) is 67.5 Å². The van der Waals surface area contributed by atoms with Gasteiger partial charge in [-0.1, -0.05) is 13.0 Å². The number of carbonyl (C=O) groups excluding carboxylic acids is 3. The van der Waals surface area contributed by atoms with Crippen molar-refractivity contribution in [2.24, 2.45) is 0 Å². The van der Waals surface area contributed by atoms with E-state index in [0.29, 0.717) is 37.4 Å². The van der Waals surface area contributed by atoms with Crippen LogP contribution in [0.15, 0.2) is 30.3 Å². The lowest BCUT2D eigenvalue weighted by Crippen LogP contribution is -2.46. The summed E-state index contributed by atoms with van der Waals surface area (Å²) < 4.78 is 15.7. The van der Waals surface area contributed by atoms with Crippen LogP contribution in [0.25, 0.3) is 0 Å². The fraction of sp³-hybridized carbons (Fsp3) is 0.536. The van der Waals surface area contributed by atoms with Crippen LogP contribution < -0.4 is 9.47 Å². The van der Waals surface area contributed by atoms with Crippen molar-refractivity contribution in [2.75, 3.05) is 33.9 Å². The largest absolute Gasteiger partial charge is 0.493 e. The minimum atomic E-state index is -0.407. The van der Waals surface area contributed by atoms with Crippen molar-refractivity contribution in [1.82, 2.24) is 9.80 Å². The van der Waals surface area contributed by atoms with Gasteiger partial charge in [0.1, 0.15) is 0 Å². The number of aryl methyl sites for hydroxylation is 1. The number of nitrogens with zero attached hydrogens (tertiary/aromatic N) is 2. The fourth-order valence-electron chi connectivity index (χ4n) is 3.89. The highest BCUT2D eigenvalue weighted by Crippen LogP contribution is 2.28. The second-order valence-electron chi connectivity index (χ2n) is 8.85. The molecule has 1 heterocycles. The van der Waals surface area contributed by atoms with Crippen molar-refractivity contribution in [3.05, 3.63) is 45.6 Å². The number of benzene rings is 1. The molecule has 0 radical (unpaired) electrons. The molecule has 1 unspecified atom stereocenters. The summed E-state index contributed by atoms with van der Waals surface area (Å²) in [6.45, 7) is 8.86. The smallest absolute Gasteiger partial charge is 0.306 e. The summed E-state index contributed by atoms with van der Waals surface area (Å²) in [4.78, 5) is 44.0. The van der Waals surface area contributed by atoms with Crippen LogP contribution in [-0.2, 0) is 32.1 Å². The Morgan fingerprint density at radius 2 is 1.70 bits per heavy atom. The Kier molecular flexibility index (Phi) is 12.4.